The maximum absolute atomic E-state index is 13.7. The number of fused-ring (bicyclic) bond motifs is 1. The van der Waals surface area contributed by atoms with E-state index in [1.165, 1.54) is 48.4 Å². The molecular formula is C22H24FN3O2. The highest BCUT2D eigenvalue weighted by molar-refractivity contribution is 5.87. The molecule has 0 saturated heterocycles. The minimum Gasteiger partial charge on any atom is -0.297 e. The van der Waals surface area contributed by atoms with Gasteiger partial charge in [0.15, 0.2) is 5.78 Å². The van der Waals surface area contributed by atoms with E-state index in [2.05, 4.69) is 9.98 Å². The standard InChI is InChI=1S/C22H24FN3O2/c23-17-6-7-19-18(12-17)22(28)26(14-25-19)20(10-15-4-2-1-3-5-15)21(27)11-16-8-9-24-13-16/h6-9,12,14-15,20H,1-5,10-11,13H2. The van der Waals surface area contributed by atoms with Gasteiger partial charge in [0.05, 0.1) is 29.8 Å². The predicted molar refractivity (Wildman–Crippen MR) is 107 cm³/mol. The van der Waals surface area contributed by atoms with Gasteiger partial charge in [-0.15, -0.1) is 0 Å². The smallest absolute Gasteiger partial charge is 0.261 e. The van der Waals surface area contributed by atoms with Crippen LogP contribution in [0.5, 0.6) is 0 Å². The van der Waals surface area contributed by atoms with Gasteiger partial charge in [-0.3, -0.25) is 19.1 Å². The Morgan fingerprint density at radius 1 is 1.25 bits per heavy atom. The van der Waals surface area contributed by atoms with Crippen LogP contribution >= 0.6 is 0 Å². The predicted octanol–water partition coefficient (Wildman–Crippen LogP) is 4.02. The van der Waals surface area contributed by atoms with Crippen molar-refractivity contribution in [2.24, 2.45) is 10.9 Å². The van der Waals surface area contributed by atoms with Gasteiger partial charge in [0.2, 0.25) is 0 Å². The van der Waals surface area contributed by atoms with Crippen molar-refractivity contribution >= 4 is 22.9 Å². The summed E-state index contributed by atoms with van der Waals surface area (Å²) in [4.78, 5) is 34.7. The molecule has 1 aliphatic heterocycles. The maximum atomic E-state index is 13.7. The number of halogens is 1. The number of benzene rings is 1. The van der Waals surface area contributed by atoms with Crippen LogP contribution in [0.15, 0.2) is 46.0 Å². The molecule has 146 valence electrons. The van der Waals surface area contributed by atoms with Crippen molar-refractivity contribution in [2.75, 3.05) is 6.54 Å². The highest BCUT2D eigenvalue weighted by Crippen LogP contribution is 2.32. The normalized spacial score (nSPS) is 18.4. The molecule has 0 radical (unpaired) electrons. The summed E-state index contributed by atoms with van der Waals surface area (Å²) >= 11 is 0. The number of nitrogens with zero attached hydrogens (tertiary/aromatic N) is 3. The van der Waals surface area contributed by atoms with E-state index in [0.717, 1.165) is 18.4 Å². The van der Waals surface area contributed by atoms with Crippen molar-refractivity contribution in [3.8, 4) is 0 Å². The minimum absolute atomic E-state index is 0.00183. The Hall–Kier alpha value is -2.63. The molecule has 0 bridgehead atoms. The third-order valence-corrected chi connectivity index (χ3v) is 5.84. The second-order valence-electron chi connectivity index (χ2n) is 7.83. The monoisotopic (exact) mass is 381 g/mol. The molecule has 1 saturated carbocycles. The number of aromatic nitrogens is 2. The number of ketones is 1. The Morgan fingerprint density at radius 2 is 2.07 bits per heavy atom. The highest BCUT2D eigenvalue weighted by Gasteiger charge is 2.28. The number of rotatable bonds is 6. The van der Waals surface area contributed by atoms with Gasteiger partial charge in [-0.2, -0.15) is 0 Å². The van der Waals surface area contributed by atoms with Crippen LogP contribution in [0, 0.1) is 11.7 Å². The topological polar surface area (TPSA) is 64.3 Å². The molecule has 0 N–H and O–H groups in total. The third kappa shape index (κ3) is 3.96. The lowest BCUT2D eigenvalue weighted by atomic mass is 9.83. The summed E-state index contributed by atoms with van der Waals surface area (Å²) in [5.74, 6) is -0.0545. The van der Waals surface area contributed by atoms with Gasteiger partial charge < -0.3 is 0 Å². The number of aliphatic imine (C=N–C) groups is 1. The fourth-order valence-electron chi connectivity index (χ4n) is 4.31. The molecule has 1 aromatic heterocycles. The average molecular weight is 381 g/mol. The summed E-state index contributed by atoms with van der Waals surface area (Å²) in [6, 6.07) is 3.42. The average Bonchev–Trinajstić information content (AvgIpc) is 3.21. The molecule has 0 spiro atoms. The lowest BCUT2D eigenvalue weighted by Gasteiger charge is -2.27. The number of Topliss-reactive ketones (excluding diaryl/α,β-unsaturated/α-hetero) is 1. The van der Waals surface area contributed by atoms with E-state index in [-0.39, 0.29) is 23.1 Å². The molecule has 4 rings (SSSR count). The largest absolute Gasteiger partial charge is 0.297 e. The lowest BCUT2D eigenvalue weighted by molar-refractivity contribution is -0.122. The van der Waals surface area contributed by atoms with E-state index < -0.39 is 11.9 Å². The highest BCUT2D eigenvalue weighted by atomic mass is 19.1. The van der Waals surface area contributed by atoms with Crippen molar-refractivity contribution in [1.29, 1.82) is 0 Å². The van der Waals surface area contributed by atoms with E-state index in [0.29, 0.717) is 24.4 Å². The first-order valence-electron chi connectivity index (χ1n) is 9.99. The Bertz CT molecular complexity index is 1000. The molecule has 0 amide bonds. The van der Waals surface area contributed by atoms with Gasteiger partial charge in [0, 0.05) is 12.6 Å². The van der Waals surface area contributed by atoms with Crippen LogP contribution in [0.3, 0.4) is 0 Å². The van der Waals surface area contributed by atoms with E-state index in [1.807, 2.05) is 6.08 Å². The molecule has 1 fully saturated rings. The summed E-state index contributed by atoms with van der Waals surface area (Å²) < 4.78 is 15.1. The van der Waals surface area contributed by atoms with Gasteiger partial charge in [-0.05, 0) is 42.2 Å². The molecule has 1 aliphatic carbocycles. The Morgan fingerprint density at radius 3 is 2.82 bits per heavy atom. The van der Waals surface area contributed by atoms with Crippen molar-refractivity contribution in [3.05, 3.63) is 52.3 Å². The summed E-state index contributed by atoms with van der Waals surface area (Å²) in [7, 11) is 0. The molecule has 1 atom stereocenters. The molecule has 2 heterocycles. The quantitative estimate of drug-likeness (QED) is 0.759. The summed E-state index contributed by atoms with van der Waals surface area (Å²) in [5.41, 5.74) is 1.06. The molecule has 5 nitrogen and oxygen atoms in total. The molecule has 2 aromatic rings. The van der Waals surface area contributed by atoms with Gasteiger partial charge in [-0.1, -0.05) is 32.1 Å². The Labute approximate surface area is 163 Å². The number of hydrogen-bond acceptors (Lipinski definition) is 4. The van der Waals surface area contributed by atoms with E-state index in [9.17, 15) is 14.0 Å². The maximum Gasteiger partial charge on any atom is 0.261 e. The van der Waals surface area contributed by atoms with Crippen molar-refractivity contribution in [2.45, 2.75) is 51.0 Å². The number of allylic oxidation sites excluding steroid dienone is 1. The second-order valence-corrected chi connectivity index (χ2v) is 7.83. The number of carbonyl (C=O) groups excluding carboxylic acids is 1. The zero-order chi connectivity index (χ0) is 19.5. The minimum atomic E-state index is -0.572. The first-order valence-corrected chi connectivity index (χ1v) is 9.99. The second kappa shape index (κ2) is 8.17. The van der Waals surface area contributed by atoms with Crippen molar-refractivity contribution in [3.63, 3.8) is 0 Å². The molecule has 1 aromatic carbocycles. The van der Waals surface area contributed by atoms with Crippen LogP contribution in [0.2, 0.25) is 0 Å². The fraction of sp³-hybridized carbons (Fsp3) is 0.455. The van der Waals surface area contributed by atoms with Crippen LogP contribution in [0.25, 0.3) is 10.9 Å². The van der Waals surface area contributed by atoms with Crippen molar-refractivity contribution < 1.29 is 9.18 Å². The molecule has 28 heavy (non-hydrogen) atoms. The van der Waals surface area contributed by atoms with E-state index in [1.54, 1.807) is 6.21 Å². The Kier molecular flexibility index (Phi) is 5.46. The van der Waals surface area contributed by atoms with Gasteiger partial charge in [0.1, 0.15) is 5.82 Å². The van der Waals surface area contributed by atoms with Crippen LogP contribution in [-0.2, 0) is 4.79 Å². The fourth-order valence-corrected chi connectivity index (χ4v) is 4.31. The zero-order valence-corrected chi connectivity index (χ0v) is 15.8. The molecular weight excluding hydrogens is 357 g/mol. The summed E-state index contributed by atoms with van der Waals surface area (Å²) in [6.07, 6.45) is 11.7. The summed E-state index contributed by atoms with van der Waals surface area (Å²) in [5, 5.41) is 0.215. The van der Waals surface area contributed by atoms with Crippen LogP contribution in [0.1, 0.15) is 51.0 Å². The number of carbonyl (C=O) groups is 1. The first-order chi connectivity index (χ1) is 13.6. The van der Waals surface area contributed by atoms with Crippen LogP contribution < -0.4 is 5.56 Å². The van der Waals surface area contributed by atoms with Gasteiger partial charge in [-0.25, -0.2) is 9.37 Å². The number of hydrogen-bond donors (Lipinski definition) is 0. The first kappa shape index (κ1) is 18.7. The van der Waals surface area contributed by atoms with Crippen LogP contribution in [0.4, 0.5) is 4.39 Å². The zero-order valence-electron chi connectivity index (χ0n) is 15.8. The SMILES string of the molecule is O=C(CC1=CC=NC1)C(CC1CCCCC1)n1cnc2ccc(F)cc2c1=O. The van der Waals surface area contributed by atoms with Gasteiger partial charge >= 0.3 is 0 Å². The molecule has 1 unspecified atom stereocenters. The van der Waals surface area contributed by atoms with E-state index >= 15 is 0 Å². The lowest BCUT2D eigenvalue weighted by Crippen LogP contribution is -2.32. The van der Waals surface area contributed by atoms with Crippen LogP contribution in [-0.4, -0.2) is 28.1 Å². The third-order valence-electron chi connectivity index (χ3n) is 5.84. The van der Waals surface area contributed by atoms with Crippen molar-refractivity contribution in [1.82, 2.24) is 9.55 Å². The Balaban J connectivity index is 1.69. The van der Waals surface area contributed by atoms with E-state index in [4.69, 9.17) is 0 Å². The summed E-state index contributed by atoms with van der Waals surface area (Å²) in [6.45, 7) is 0.540. The van der Waals surface area contributed by atoms with Gasteiger partial charge in [0.25, 0.3) is 5.56 Å². The molecule has 6 heteroatoms. The molecule has 2 aliphatic rings.